The summed E-state index contributed by atoms with van der Waals surface area (Å²) in [6.07, 6.45) is -0.595. The second-order valence-corrected chi connectivity index (χ2v) is 4.69. The largest absolute Gasteiger partial charge is 0.488 e. The predicted molar refractivity (Wildman–Crippen MR) is 81.3 cm³/mol. The van der Waals surface area contributed by atoms with Gasteiger partial charge in [0.05, 0.1) is 0 Å². The van der Waals surface area contributed by atoms with E-state index in [9.17, 15) is 14.8 Å². The molecule has 0 atom stereocenters. The Morgan fingerprint density at radius 2 is 1.90 bits per heavy atom. The van der Waals surface area contributed by atoms with E-state index in [4.69, 9.17) is 4.74 Å². The second-order valence-electron chi connectivity index (χ2n) is 4.69. The van der Waals surface area contributed by atoms with Crippen LogP contribution in [0.5, 0.6) is 0 Å². The standard InChI is InChI=1S/C15H16BNO4/c1-11-7-13(16(19)20)9-14(8-11)17-15(18)21-10-12-5-3-2-4-6-12/h2-9,19-20H,10H2,1H3,(H,17,18). The zero-order valence-corrected chi connectivity index (χ0v) is 11.6. The maximum absolute atomic E-state index is 11.7. The number of carbonyl (C=O) groups excluding carboxylic acids is 1. The van der Waals surface area contributed by atoms with E-state index in [0.29, 0.717) is 11.2 Å². The van der Waals surface area contributed by atoms with Crippen LogP contribution in [-0.4, -0.2) is 23.3 Å². The summed E-state index contributed by atoms with van der Waals surface area (Å²) in [5, 5.41) is 20.9. The molecule has 0 spiro atoms. The van der Waals surface area contributed by atoms with Gasteiger partial charge in [-0.3, -0.25) is 5.32 Å². The summed E-state index contributed by atoms with van der Waals surface area (Å²) in [5.74, 6) is 0. The van der Waals surface area contributed by atoms with Crippen LogP contribution >= 0.6 is 0 Å². The first-order chi connectivity index (χ1) is 10.0. The average Bonchev–Trinajstić information content (AvgIpc) is 2.45. The molecule has 0 heterocycles. The molecule has 108 valence electrons. The van der Waals surface area contributed by atoms with Crippen LogP contribution in [0.25, 0.3) is 0 Å². The molecule has 0 fully saturated rings. The van der Waals surface area contributed by atoms with Gasteiger partial charge in [-0.05, 0) is 35.6 Å². The summed E-state index contributed by atoms with van der Waals surface area (Å²) < 4.78 is 5.10. The highest BCUT2D eigenvalue weighted by Crippen LogP contribution is 2.10. The van der Waals surface area contributed by atoms with Crippen LogP contribution in [0.4, 0.5) is 10.5 Å². The SMILES string of the molecule is Cc1cc(NC(=O)OCc2ccccc2)cc(B(O)O)c1. The van der Waals surface area contributed by atoms with Gasteiger partial charge in [-0.1, -0.05) is 36.4 Å². The zero-order chi connectivity index (χ0) is 15.2. The lowest BCUT2D eigenvalue weighted by Crippen LogP contribution is -2.30. The lowest BCUT2D eigenvalue weighted by molar-refractivity contribution is 0.155. The van der Waals surface area contributed by atoms with Crippen molar-refractivity contribution < 1.29 is 19.6 Å². The van der Waals surface area contributed by atoms with Crippen molar-refractivity contribution >= 4 is 24.4 Å². The number of benzene rings is 2. The minimum atomic E-state index is -1.58. The van der Waals surface area contributed by atoms with Crippen LogP contribution in [0.15, 0.2) is 48.5 Å². The molecule has 2 aromatic carbocycles. The fourth-order valence-corrected chi connectivity index (χ4v) is 1.91. The van der Waals surface area contributed by atoms with Gasteiger partial charge in [0.1, 0.15) is 6.61 Å². The smallest absolute Gasteiger partial charge is 0.444 e. The molecule has 0 aromatic heterocycles. The minimum Gasteiger partial charge on any atom is -0.444 e. The Bertz CT molecular complexity index is 616. The fraction of sp³-hybridized carbons (Fsp3) is 0.133. The van der Waals surface area contributed by atoms with Crippen molar-refractivity contribution in [1.29, 1.82) is 0 Å². The van der Waals surface area contributed by atoms with Crippen LogP contribution in [0, 0.1) is 6.92 Å². The number of anilines is 1. The minimum absolute atomic E-state index is 0.175. The van der Waals surface area contributed by atoms with Crippen molar-refractivity contribution in [1.82, 2.24) is 0 Å². The molecule has 5 nitrogen and oxygen atoms in total. The number of ether oxygens (including phenoxy) is 1. The fourth-order valence-electron chi connectivity index (χ4n) is 1.91. The van der Waals surface area contributed by atoms with Crippen LogP contribution in [0.2, 0.25) is 0 Å². The Morgan fingerprint density at radius 1 is 1.19 bits per heavy atom. The molecular formula is C15H16BNO4. The molecule has 1 amide bonds. The van der Waals surface area contributed by atoms with Crippen LogP contribution in [-0.2, 0) is 11.3 Å². The molecule has 0 aliphatic carbocycles. The molecule has 6 heteroatoms. The molecule has 2 rings (SSSR count). The quantitative estimate of drug-likeness (QED) is 0.742. The van der Waals surface area contributed by atoms with Crippen LogP contribution < -0.4 is 10.8 Å². The van der Waals surface area contributed by atoms with E-state index in [2.05, 4.69) is 5.32 Å². The summed E-state index contributed by atoms with van der Waals surface area (Å²) in [6.45, 7) is 1.97. The number of aryl methyl sites for hydroxylation is 1. The first-order valence-corrected chi connectivity index (χ1v) is 6.50. The van der Waals surface area contributed by atoms with E-state index < -0.39 is 13.2 Å². The molecule has 0 aliphatic heterocycles. The van der Waals surface area contributed by atoms with E-state index >= 15 is 0 Å². The van der Waals surface area contributed by atoms with Gasteiger partial charge in [-0.2, -0.15) is 0 Å². The highest BCUT2D eigenvalue weighted by atomic mass is 16.5. The first kappa shape index (κ1) is 15.1. The van der Waals surface area contributed by atoms with Crippen molar-refractivity contribution in [2.75, 3.05) is 5.32 Å². The Morgan fingerprint density at radius 3 is 2.57 bits per heavy atom. The van der Waals surface area contributed by atoms with Crippen molar-refractivity contribution in [3.05, 3.63) is 59.7 Å². The van der Waals surface area contributed by atoms with Gasteiger partial charge in [0.25, 0.3) is 0 Å². The number of nitrogens with one attached hydrogen (secondary N) is 1. The third-order valence-electron chi connectivity index (χ3n) is 2.86. The molecule has 0 radical (unpaired) electrons. The molecule has 0 unspecified atom stereocenters. The van der Waals surface area contributed by atoms with Crippen molar-refractivity contribution in [2.45, 2.75) is 13.5 Å². The number of hydrogen-bond donors (Lipinski definition) is 3. The Hall–Kier alpha value is -2.31. The molecule has 3 N–H and O–H groups in total. The normalized spacial score (nSPS) is 10.0. The Balaban J connectivity index is 1.96. The van der Waals surface area contributed by atoms with Gasteiger partial charge in [0.2, 0.25) is 0 Å². The van der Waals surface area contributed by atoms with Gasteiger partial charge in [-0.15, -0.1) is 0 Å². The number of carbonyl (C=O) groups is 1. The van der Waals surface area contributed by atoms with Gasteiger partial charge >= 0.3 is 13.2 Å². The van der Waals surface area contributed by atoms with Gasteiger partial charge in [0.15, 0.2) is 0 Å². The van der Waals surface area contributed by atoms with E-state index in [0.717, 1.165) is 11.1 Å². The number of hydrogen-bond acceptors (Lipinski definition) is 4. The first-order valence-electron chi connectivity index (χ1n) is 6.50. The highest BCUT2D eigenvalue weighted by molar-refractivity contribution is 6.58. The second kappa shape index (κ2) is 6.92. The summed E-state index contributed by atoms with van der Waals surface area (Å²) in [5.41, 5.74) is 2.46. The predicted octanol–water partition coefficient (Wildman–Crippen LogP) is 1.42. The van der Waals surface area contributed by atoms with Crippen LogP contribution in [0.1, 0.15) is 11.1 Å². The molecule has 2 aromatic rings. The van der Waals surface area contributed by atoms with E-state index in [1.54, 1.807) is 19.1 Å². The molecule has 0 saturated heterocycles. The maximum atomic E-state index is 11.7. The maximum Gasteiger partial charge on any atom is 0.488 e. The van der Waals surface area contributed by atoms with Gasteiger partial charge < -0.3 is 14.8 Å². The lowest BCUT2D eigenvalue weighted by atomic mass is 9.79. The molecule has 21 heavy (non-hydrogen) atoms. The summed E-state index contributed by atoms with van der Waals surface area (Å²) in [4.78, 5) is 11.7. The number of amides is 1. The van der Waals surface area contributed by atoms with Crippen molar-refractivity contribution in [3.63, 3.8) is 0 Å². The third kappa shape index (κ3) is 4.63. The zero-order valence-electron chi connectivity index (χ0n) is 11.6. The summed E-state index contributed by atoms with van der Waals surface area (Å²) in [6, 6.07) is 14.2. The van der Waals surface area contributed by atoms with Gasteiger partial charge in [0, 0.05) is 5.69 Å². The topological polar surface area (TPSA) is 78.8 Å². The van der Waals surface area contributed by atoms with Crippen molar-refractivity contribution in [3.8, 4) is 0 Å². The molecule has 0 aliphatic rings. The van der Waals surface area contributed by atoms with Crippen molar-refractivity contribution in [2.24, 2.45) is 0 Å². The van der Waals surface area contributed by atoms with Gasteiger partial charge in [-0.25, -0.2) is 4.79 Å². The Labute approximate surface area is 123 Å². The molecule has 0 saturated carbocycles. The Kier molecular flexibility index (Phi) is 4.97. The third-order valence-corrected chi connectivity index (χ3v) is 2.86. The number of rotatable bonds is 4. The van der Waals surface area contributed by atoms with E-state index in [1.165, 1.54) is 6.07 Å². The summed E-state index contributed by atoms with van der Waals surface area (Å²) >= 11 is 0. The van der Waals surface area contributed by atoms with E-state index in [-0.39, 0.29) is 6.61 Å². The molecule has 0 bridgehead atoms. The van der Waals surface area contributed by atoms with E-state index in [1.807, 2.05) is 30.3 Å². The lowest BCUT2D eigenvalue weighted by Gasteiger charge is -2.09. The highest BCUT2D eigenvalue weighted by Gasteiger charge is 2.13. The van der Waals surface area contributed by atoms with Crippen LogP contribution in [0.3, 0.4) is 0 Å². The average molecular weight is 285 g/mol. The monoisotopic (exact) mass is 285 g/mol. The molecular weight excluding hydrogens is 269 g/mol. The summed E-state index contributed by atoms with van der Waals surface area (Å²) in [7, 11) is -1.58.